The van der Waals surface area contributed by atoms with E-state index in [2.05, 4.69) is 29.2 Å². The molecule has 1 saturated carbocycles. The van der Waals surface area contributed by atoms with E-state index in [1.54, 1.807) is 6.20 Å². The highest BCUT2D eigenvalue weighted by Crippen LogP contribution is 2.40. The van der Waals surface area contributed by atoms with Gasteiger partial charge in [0.2, 0.25) is 0 Å². The van der Waals surface area contributed by atoms with Crippen LogP contribution in [0.25, 0.3) is 21.3 Å². The first-order valence-corrected chi connectivity index (χ1v) is 10.4. The second-order valence-electron chi connectivity index (χ2n) is 7.68. The van der Waals surface area contributed by atoms with Gasteiger partial charge < -0.3 is 0 Å². The number of rotatable bonds is 4. The van der Waals surface area contributed by atoms with Crippen LogP contribution in [0.2, 0.25) is 0 Å². The van der Waals surface area contributed by atoms with Crippen LogP contribution in [-0.2, 0) is 0 Å². The molecule has 7 heteroatoms. The summed E-state index contributed by atoms with van der Waals surface area (Å²) in [4.78, 5) is 22.6. The van der Waals surface area contributed by atoms with Crippen LogP contribution >= 0.6 is 11.3 Å². The van der Waals surface area contributed by atoms with E-state index in [0.717, 1.165) is 45.3 Å². The first-order chi connectivity index (χ1) is 13.5. The first kappa shape index (κ1) is 17.3. The van der Waals surface area contributed by atoms with Gasteiger partial charge in [-0.2, -0.15) is 5.10 Å². The summed E-state index contributed by atoms with van der Waals surface area (Å²) in [6.07, 6.45) is 4.01. The van der Waals surface area contributed by atoms with Gasteiger partial charge in [0.25, 0.3) is 5.91 Å². The SMILES string of the molecule is Cc1cccc2sc(NC(=O)c3cc(C4CC4)nc4c3cnn4C(C)C)nc12. The minimum Gasteiger partial charge on any atom is -0.298 e. The number of benzene rings is 1. The molecule has 1 N–H and O–H groups in total. The summed E-state index contributed by atoms with van der Waals surface area (Å²) in [5.41, 5.74) is 4.43. The normalized spacial score (nSPS) is 14.3. The van der Waals surface area contributed by atoms with Crippen LogP contribution < -0.4 is 5.32 Å². The number of fused-ring (bicyclic) bond motifs is 2. The third kappa shape index (κ3) is 2.86. The zero-order valence-corrected chi connectivity index (χ0v) is 16.9. The maximum atomic E-state index is 13.2. The summed E-state index contributed by atoms with van der Waals surface area (Å²) in [5, 5.41) is 8.87. The number of hydrogen-bond acceptors (Lipinski definition) is 5. The van der Waals surface area contributed by atoms with Gasteiger partial charge in [-0.25, -0.2) is 14.6 Å². The molecule has 142 valence electrons. The summed E-state index contributed by atoms with van der Waals surface area (Å²) in [7, 11) is 0. The van der Waals surface area contributed by atoms with Gasteiger partial charge >= 0.3 is 0 Å². The smallest absolute Gasteiger partial charge is 0.258 e. The fourth-order valence-corrected chi connectivity index (χ4v) is 4.43. The Morgan fingerprint density at radius 1 is 1.29 bits per heavy atom. The molecule has 3 aromatic heterocycles. The zero-order valence-electron chi connectivity index (χ0n) is 16.1. The highest BCUT2D eigenvalue weighted by atomic mass is 32.1. The summed E-state index contributed by atoms with van der Waals surface area (Å²) >= 11 is 1.49. The predicted octanol–water partition coefficient (Wildman–Crippen LogP) is 5.06. The average molecular weight is 392 g/mol. The van der Waals surface area contributed by atoms with Crippen molar-refractivity contribution in [3.63, 3.8) is 0 Å². The number of aromatic nitrogens is 4. The number of amides is 1. The van der Waals surface area contributed by atoms with E-state index in [4.69, 9.17) is 4.98 Å². The fourth-order valence-electron chi connectivity index (χ4n) is 3.50. The molecule has 0 aliphatic heterocycles. The van der Waals surface area contributed by atoms with E-state index in [1.807, 2.05) is 35.9 Å². The topological polar surface area (TPSA) is 72.7 Å². The highest BCUT2D eigenvalue weighted by Gasteiger charge is 2.28. The molecule has 1 amide bonds. The largest absolute Gasteiger partial charge is 0.298 e. The molecule has 0 spiro atoms. The molecule has 28 heavy (non-hydrogen) atoms. The van der Waals surface area contributed by atoms with Crippen molar-refractivity contribution in [1.82, 2.24) is 19.7 Å². The highest BCUT2D eigenvalue weighted by molar-refractivity contribution is 7.22. The molecule has 0 bridgehead atoms. The lowest BCUT2D eigenvalue weighted by Crippen LogP contribution is -2.13. The zero-order chi connectivity index (χ0) is 19.4. The third-order valence-electron chi connectivity index (χ3n) is 5.16. The molecule has 1 fully saturated rings. The second-order valence-corrected chi connectivity index (χ2v) is 8.71. The van der Waals surface area contributed by atoms with Gasteiger partial charge in [-0.1, -0.05) is 23.5 Å². The van der Waals surface area contributed by atoms with Crippen molar-refractivity contribution in [2.45, 2.75) is 45.6 Å². The minimum atomic E-state index is -0.158. The molecule has 3 heterocycles. The number of carbonyl (C=O) groups is 1. The number of nitrogens with one attached hydrogen (secondary N) is 1. The minimum absolute atomic E-state index is 0.158. The van der Waals surface area contributed by atoms with Crippen LogP contribution in [0.5, 0.6) is 0 Å². The standard InChI is InChI=1S/C21H21N5OS/c1-11(2)26-19-15(10-22-26)14(9-16(23-19)13-7-8-13)20(27)25-21-24-18-12(3)5-4-6-17(18)28-21/h4-6,9-11,13H,7-8H2,1-3H3,(H,24,25,27). The number of para-hydroxylation sites is 1. The van der Waals surface area contributed by atoms with Crippen molar-refractivity contribution in [2.24, 2.45) is 0 Å². The van der Waals surface area contributed by atoms with Gasteiger partial charge in [-0.05, 0) is 51.3 Å². The quantitative estimate of drug-likeness (QED) is 0.528. The van der Waals surface area contributed by atoms with Gasteiger partial charge in [-0.15, -0.1) is 0 Å². The Hall–Kier alpha value is -2.80. The van der Waals surface area contributed by atoms with Crippen molar-refractivity contribution in [2.75, 3.05) is 5.32 Å². The Morgan fingerprint density at radius 3 is 2.82 bits per heavy atom. The molecule has 4 aromatic rings. The molecule has 1 aliphatic carbocycles. The van der Waals surface area contributed by atoms with Crippen molar-refractivity contribution < 1.29 is 4.79 Å². The number of anilines is 1. The summed E-state index contributed by atoms with van der Waals surface area (Å²) in [6.45, 7) is 6.17. The van der Waals surface area contributed by atoms with Gasteiger partial charge in [0.1, 0.15) is 0 Å². The number of nitrogens with zero attached hydrogens (tertiary/aromatic N) is 4. The number of pyridine rings is 1. The molecular weight excluding hydrogens is 370 g/mol. The Balaban J connectivity index is 1.57. The van der Waals surface area contributed by atoms with E-state index < -0.39 is 0 Å². The molecule has 6 nitrogen and oxygen atoms in total. The van der Waals surface area contributed by atoms with Crippen LogP contribution in [0.4, 0.5) is 5.13 Å². The molecule has 0 atom stereocenters. The van der Waals surface area contributed by atoms with E-state index >= 15 is 0 Å². The number of carbonyl (C=O) groups excluding carboxylic acids is 1. The van der Waals surface area contributed by atoms with Crippen LogP contribution in [0.3, 0.4) is 0 Å². The second kappa shape index (κ2) is 6.38. The van der Waals surface area contributed by atoms with E-state index in [-0.39, 0.29) is 11.9 Å². The summed E-state index contributed by atoms with van der Waals surface area (Å²) < 4.78 is 2.96. The first-order valence-electron chi connectivity index (χ1n) is 9.57. The molecule has 1 aliphatic rings. The van der Waals surface area contributed by atoms with Crippen molar-refractivity contribution in [1.29, 1.82) is 0 Å². The predicted molar refractivity (Wildman–Crippen MR) is 112 cm³/mol. The molecule has 0 radical (unpaired) electrons. The maximum Gasteiger partial charge on any atom is 0.258 e. The van der Waals surface area contributed by atoms with Crippen molar-refractivity contribution in [3.05, 3.63) is 47.3 Å². The monoisotopic (exact) mass is 391 g/mol. The Bertz CT molecular complexity index is 1220. The van der Waals surface area contributed by atoms with Crippen LogP contribution in [-0.4, -0.2) is 25.7 Å². The number of thiazole rings is 1. The van der Waals surface area contributed by atoms with Crippen LogP contribution in [0.15, 0.2) is 30.5 Å². The average Bonchev–Trinajstić information content (AvgIpc) is 3.28. The Kier molecular flexibility index (Phi) is 3.94. The summed E-state index contributed by atoms with van der Waals surface area (Å²) in [5.74, 6) is 0.297. The van der Waals surface area contributed by atoms with Gasteiger partial charge in [-0.3, -0.25) is 10.1 Å². The lowest BCUT2D eigenvalue weighted by molar-refractivity contribution is 0.102. The van der Waals surface area contributed by atoms with E-state index in [1.165, 1.54) is 11.3 Å². The van der Waals surface area contributed by atoms with E-state index in [0.29, 0.717) is 16.6 Å². The molecule has 5 rings (SSSR count). The van der Waals surface area contributed by atoms with E-state index in [9.17, 15) is 4.79 Å². The Labute approximate surface area is 166 Å². The van der Waals surface area contributed by atoms with Crippen LogP contribution in [0.1, 0.15) is 60.3 Å². The summed E-state index contributed by atoms with van der Waals surface area (Å²) in [6, 6.07) is 8.18. The van der Waals surface area contributed by atoms with Gasteiger partial charge in [0.15, 0.2) is 10.8 Å². The van der Waals surface area contributed by atoms with Gasteiger partial charge in [0.05, 0.1) is 27.4 Å². The molecule has 0 unspecified atom stereocenters. The number of aryl methyl sites for hydroxylation is 1. The molecule has 0 saturated heterocycles. The van der Waals surface area contributed by atoms with Crippen molar-refractivity contribution in [3.8, 4) is 0 Å². The fraction of sp³-hybridized carbons (Fsp3) is 0.333. The molecular formula is C21H21N5OS. The Morgan fingerprint density at radius 2 is 2.11 bits per heavy atom. The third-order valence-corrected chi connectivity index (χ3v) is 6.09. The van der Waals surface area contributed by atoms with Crippen molar-refractivity contribution >= 4 is 43.6 Å². The van der Waals surface area contributed by atoms with Gasteiger partial charge in [0, 0.05) is 17.7 Å². The number of hydrogen-bond donors (Lipinski definition) is 1. The maximum absolute atomic E-state index is 13.2. The lowest BCUT2D eigenvalue weighted by atomic mass is 10.1. The molecule has 1 aromatic carbocycles. The lowest BCUT2D eigenvalue weighted by Gasteiger charge is -2.10. The van der Waals surface area contributed by atoms with Crippen LogP contribution in [0, 0.1) is 6.92 Å².